The summed E-state index contributed by atoms with van der Waals surface area (Å²) in [6, 6.07) is 0. The van der Waals surface area contributed by atoms with Crippen LogP contribution in [0.3, 0.4) is 0 Å². The van der Waals surface area contributed by atoms with Crippen molar-refractivity contribution in [3.8, 4) is 0 Å². The minimum absolute atomic E-state index is 0.822. The number of likely N-dealkylation sites (N-methyl/N-ethyl adjacent to an activating group) is 1. The standard InChI is InChI=1S/C8H20N4/c1-9-6-7-10-8(11(2)3)12(4)5/h9H,6-7H2,1-5H3. The first-order valence-electron chi connectivity index (χ1n) is 4.13. The lowest BCUT2D eigenvalue weighted by Gasteiger charge is -2.22. The number of aliphatic imine (C=N–C) groups is 1. The Morgan fingerprint density at radius 2 is 1.67 bits per heavy atom. The average molecular weight is 172 g/mol. The van der Waals surface area contributed by atoms with E-state index < -0.39 is 0 Å². The second kappa shape index (κ2) is 5.83. The first kappa shape index (κ1) is 11.2. The molecule has 0 atom stereocenters. The van der Waals surface area contributed by atoms with E-state index in [2.05, 4.69) is 10.3 Å². The number of guanidine groups is 1. The molecule has 0 rings (SSSR count). The van der Waals surface area contributed by atoms with Gasteiger partial charge in [-0.25, -0.2) is 0 Å². The van der Waals surface area contributed by atoms with E-state index in [-0.39, 0.29) is 0 Å². The van der Waals surface area contributed by atoms with E-state index in [0.717, 1.165) is 19.0 Å². The fraction of sp³-hybridized carbons (Fsp3) is 0.875. The van der Waals surface area contributed by atoms with Gasteiger partial charge in [-0.3, -0.25) is 4.99 Å². The zero-order valence-corrected chi connectivity index (χ0v) is 8.76. The highest BCUT2D eigenvalue weighted by Gasteiger charge is 2.01. The summed E-state index contributed by atoms with van der Waals surface area (Å²) in [4.78, 5) is 8.44. The van der Waals surface area contributed by atoms with Gasteiger partial charge in [-0.05, 0) is 7.05 Å². The first-order chi connectivity index (χ1) is 5.59. The van der Waals surface area contributed by atoms with Crippen molar-refractivity contribution in [1.29, 1.82) is 0 Å². The highest BCUT2D eigenvalue weighted by Crippen LogP contribution is 1.87. The van der Waals surface area contributed by atoms with Gasteiger partial charge in [-0.15, -0.1) is 0 Å². The maximum atomic E-state index is 4.42. The molecule has 1 N–H and O–H groups in total. The maximum absolute atomic E-state index is 4.42. The van der Waals surface area contributed by atoms with Crippen LogP contribution in [0.1, 0.15) is 0 Å². The molecule has 0 saturated heterocycles. The zero-order chi connectivity index (χ0) is 9.56. The van der Waals surface area contributed by atoms with Crippen LogP contribution >= 0.6 is 0 Å². The summed E-state index contributed by atoms with van der Waals surface area (Å²) in [5.41, 5.74) is 0. The summed E-state index contributed by atoms with van der Waals surface area (Å²) in [5.74, 6) is 1.00. The van der Waals surface area contributed by atoms with E-state index in [1.165, 1.54) is 0 Å². The molecule has 72 valence electrons. The van der Waals surface area contributed by atoms with Gasteiger partial charge < -0.3 is 15.1 Å². The molecular formula is C8H20N4. The first-order valence-corrected chi connectivity index (χ1v) is 4.13. The highest BCUT2D eigenvalue weighted by atomic mass is 15.3. The third-order valence-electron chi connectivity index (χ3n) is 1.42. The molecule has 0 aromatic carbocycles. The Labute approximate surface area is 75.3 Å². The van der Waals surface area contributed by atoms with Gasteiger partial charge in [0, 0.05) is 34.7 Å². The molecule has 4 heteroatoms. The Balaban J connectivity index is 4.00. The van der Waals surface area contributed by atoms with Crippen LogP contribution in [-0.2, 0) is 0 Å². The molecule has 0 radical (unpaired) electrons. The van der Waals surface area contributed by atoms with Crippen LogP contribution in [0.2, 0.25) is 0 Å². The lowest BCUT2D eigenvalue weighted by molar-refractivity contribution is 0.479. The largest absolute Gasteiger partial charge is 0.349 e. The molecule has 0 bridgehead atoms. The molecule has 0 aliphatic rings. The fourth-order valence-corrected chi connectivity index (χ4v) is 0.951. The molecule has 0 aromatic heterocycles. The topological polar surface area (TPSA) is 30.9 Å². The van der Waals surface area contributed by atoms with Gasteiger partial charge in [0.15, 0.2) is 5.96 Å². The number of nitrogens with zero attached hydrogens (tertiary/aromatic N) is 3. The number of nitrogens with one attached hydrogen (secondary N) is 1. The van der Waals surface area contributed by atoms with Crippen molar-refractivity contribution in [3.63, 3.8) is 0 Å². The third kappa shape index (κ3) is 4.18. The van der Waals surface area contributed by atoms with Crippen molar-refractivity contribution in [2.45, 2.75) is 0 Å². The fourth-order valence-electron chi connectivity index (χ4n) is 0.951. The van der Waals surface area contributed by atoms with Gasteiger partial charge in [-0.2, -0.15) is 0 Å². The third-order valence-corrected chi connectivity index (χ3v) is 1.42. The molecule has 0 amide bonds. The van der Waals surface area contributed by atoms with Gasteiger partial charge >= 0.3 is 0 Å². The monoisotopic (exact) mass is 172 g/mol. The lowest BCUT2D eigenvalue weighted by Crippen LogP contribution is -2.36. The van der Waals surface area contributed by atoms with Crippen molar-refractivity contribution >= 4 is 5.96 Å². The van der Waals surface area contributed by atoms with Crippen molar-refractivity contribution in [3.05, 3.63) is 0 Å². The van der Waals surface area contributed by atoms with Crippen molar-refractivity contribution in [1.82, 2.24) is 15.1 Å². The van der Waals surface area contributed by atoms with E-state index in [0.29, 0.717) is 0 Å². The molecule has 0 fully saturated rings. The lowest BCUT2D eigenvalue weighted by atomic mass is 10.6. The van der Waals surface area contributed by atoms with Crippen molar-refractivity contribution in [2.24, 2.45) is 4.99 Å². The zero-order valence-electron chi connectivity index (χ0n) is 8.76. The van der Waals surface area contributed by atoms with E-state index in [4.69, 9.17) is 0 Å². The minimum atomic E-state index is 0.822. The molecule has 12 heavy (non-hydrogen) atoms. The van der Waals surface area contributed by atoms with Crippen LogP contribution in [0.4, 0.5) is 0 Å². The Morgan fingerprint density at radius 3 is 2.00 bits per heavy atom. The van der Waals surface area contributed by atoms with Crippen LogP contribution in [-0.4, -0.2) is 64.1 Å². The van der Waals surface area contributed by atoms with E-state index in [1.54, 1.807) is 0 Å². The van der Waals surface area contributed by atoms with Gasteiger partial charge in [-0.1, -0.05) is 0 Å². The Hall–Kier alpha value is -0.770. The van der Waals surface area contributed by atoms with Crippen LogP contribution in [0.25, 0.3) is 0 Å². The quantitative estimate of drug-likeness (QED) is 0.360. The molecule has 0 aliphatic carbocycles. The van der Waals surface area contributed by atoms with Crippen molar-refractivity contribution < 1.29 is 0 Å². The highest BCUT2D eigenvalue weighted by molar-refractivity contribution is 5.79. The van der Waals surface area contributed by atoms with Crippen LogP contribution in [0, 0.1) is 0 Å². The van der Waals surface area contributed by atoms with Gasteiger partial charge in [0.05, 0.1) is 6.54 Å². The minimum Gasteiger partial charge on any atom is -0.349 e. The molecule has 0 heterocycles. The predicted molar refractivity (Wildman–Crippen MR) is 53.6 cm³/mol. The molecule has 0 unspecified atom stereocenters. The summed E-state index contributed by atoms with van der Waals surface area (Å²) in [7, 11) is 9.92. The van der Waals surface area contributed by atoms with Gasteiger partial charge in [0.2, 0.25) is 0 Å². The second-order valence-electron chi connectivity index (χ2n) is 3.07. The molecule has 0 aliphatic heterocycles. The Morgan fingerprint density at radius 1 is 1.17 bits per heavy atom. The molecule has 0 aromatic rings. The number of rotatable bonds is 3. The van der Waals surface area contributed by atoms with E-state index >= 15 is 0 Å². The normalized spacial score (nSPS) is 9.42. The van der Waals surface area contributed by atoms with Gasteiger partial charge in [0.1, 0.15) is 0 Å². The Bertz CT molecular complexity index is 130. The average Bonchev–Trinajstić information content (AvgIpc) is 1.96. The summed E-state index contributed by atoms with van der Waals surface area (Å²) >= 11 is 0. The number of hydrogen-bond acceptors (Lipinski definition) is 2. The van der Waals surface area contributed by atoms with E-state index in [1.807, 2.05) is 45.0 Å². The molecular weight excluding hydrogens is 152 g/mol. The second-order valence-corrected chi connectivity index (χ2v) is 3.07. The number of hydrogen-bond donors (Lipinski definition) is 1. The summed E-state index contributed by atoms with van der Waals surface area (Å²) < 4.78 is 0. The Kier molecular flexibility index (Phi) is 5.45. The van der Waals surface area contributed by atoms with Crippen LogP contribution in [0.15, 0.2) is 4.99 Å². The molecule has 4 nitrogen and oxygen atoms in total. The van der Waals surface area contributed by atoms with E-state index in [9.17, 15) is 0 Å². The molecule has 0 saturated carbocycles. The summed E-state index contributed by atoms with van der Waals surface area (Å²) in [5, 5.41) is 3.06. The predicted octanol–water partition coefficient (Wildman–Crippen LogP) is -0.315. The van der Waals surface area contributed by atoms with Crippen LogP contribution in [0.5, 0.6) is 0 Å². The maximum Gasteiger partial charge on any atom is 0.195 e. The smallest absolute Gasteiger partial charge is 0.195 e. The van der Waals surface area contributed by atoms with Gasteiger partial charge in [0.25, 0.3) is 0 Å². The molecule has 0 spiro atoms. The summed E-state index contributed by atoms with van der Waals surface area (Å²) in [6.07, 6.45) is 0. The van der Waals surface area contributed by atoms with Crippen LogP contribution < -0.4 is 5.32 Å². The SMILES string of the molecule is CNCCN=C(N(C)C)N(C)C. The summed E-state index contributed by atoms with van der Waals surface area (Å²) in [6.45, 7) is 1.74. The van der Waals surface area contributed by atoms with Crippen molar-refractivity contribution in [2.75, 3.05) is 48.3 Å².